The average molecular weight is 309 g/mol. The Morgan fingerprint density at radius 3 is 2.59 bits per heavy atom. The number of aliphatic imine (C=N–C) groups is 2. The normalized spacial score (nSPS) is 19.7. The summed E-state index contributed by atoms with van der Waals surface area (Å²) in [5, 5.41) is 0. The lowest BCUT2D eigenvalue weighted by molar-refractivity contribution is -0.137. The van der Waals surface area contributed by atoms with Crippen LogP contribution in [0.4, 0.5) is 13.2 Å². The van der Waals surface area contributed by atoms with E-state index in [1.54, 1.807) is 13.2 Å². The summed E-state index contributed by atoms with van der Waals surface area (Å²) in [4.78, 5) is 12.5. The maximum atomic E-state index is 12.6. The third-order valence-electron chi connectivity index (χ3n) is 3.87. The molecule has 1 aromatic heterocycles. The lowest BCUT2D eigenvalue weighted by Gasteiger charge is -2.23. The van der Waals surface area contributed by atoms with E-state index in [0.717, 1.165) is 30.0 Å². The van der Waals surface area contributed by atoms with E-state index in [4.69, 9.17) is 0 Å². The number of hydrogen-bond donors (Lipinski definition) is 0. The van der Waals surface area contributed by atoms with Crippen LogP contribution in [0.1, 0.15) is 37.9 Å². The predicted octanol–water partition coefficient (Wildman–Crippen LogP) is 4.29. The number of hydrogen-bond acceptors (Lipinski definition) is 3. The molecule has 1 aliphatic rings. The second kappa shape index (κ2) is 6.42. The smallest absolute Gasteiger partial charge is 0.293 e. The van der Waals surface area contributed by atoms with Crippen molar-refractivity contribution in [2.24, 2.45) is 15.9 Å². The minimum atomic E-state index is -4.37. The number of allylic oxidation sites excluding steroid dienone is 1. The van der Waals surface area contributed by atoms with Crippen LogP contribution >= 0.6 is 0 Å². The molecule has 1 atom stereocenters. The molecule has 1 aliphatic heterocycles. The van der Waals surface area contributed by atoms with Gasteiger partial charge in [-0.3, -0.25) is 15.0 Å². The van der Waals surface area contributed by atoms with Crippen LogP contribution in [0.2, 0.25) is 0 Å². The van der Waals surface area contributed by atoms with Crippen molar-refractivity contribution in [1.82, 2.24) is 4.98 Å². The van der Waals surface area contributed by atoms with Gasteiger partial charge in [-0.1, -0.05) is 6.92 Å². The molecule has 0 amide bonds. The summed E-state index contributed by atoms with van der Waals surface area (Å²) >= 11 is 0. The van der Waals surface area contributed by atoms with E-state index in [2.05, 4.69) is 21.9 Å². The van der Waals surface area contributed by atoms with Gasteiger partial charge in [-0.05, 0) is 43.4 Å². The molecular weight excluding hydrogens is 291 g/mol. The van der Waals surface area contributed by atoms with E-state index in [-0.39, 0.29) is 5.92 Å². The predicted molar refractivity (Wildman–Crippen MR) is 81.3 cm³/mol. The molecule has 1 unspecified atom stereocenters. The Morgan fingerprint density at radius 2 is 2.09 bits per heavy atom. The second-order valence-electron chi connectivity index (χ2n) is 5.21. The average Bonchev–Trinajstić information content (AvgIpc) is 2.52. The number of alkyl halides is 3. The van der Waals surface area contributed by atoms with Gasteiger partial charge in [0, 0.05) is 25.2 Å². The molecule has 0 aliphatic carbocycles. The molecule has 118 valence electrons. The molecule has 22 heavy (non-hydrogen) atoms. The Hall–Kier alpha value is -1.98. The van der Waals surface area contributed by atoms with Gasteiger partial charge in [-0.15, -0.1) is 0 Å². The van der Waals surface area contributed by atoms with Crippen molar-refractivity contribution in [1.29, 1.82) is 0 Å². The Kier molecular flexibility index (Phi) is 4.78. The summed E-state index contributed by atoms with van der Waals surface area (Å²) in [5.41, 5.74) is 2.49. The molecular formula is C16H18F3N3. The number of rotatable bonds is 3. The molecule has 2 rings (SSSR count). The van der Waals surface area contributed by atoms with Crippen molar-refractivity contribution < 1.29 is 13.2 Å². The summed E-state index contributed by atoms with van der Waals surface area (Å²) in [6.07, 6.45) is -0.176. The van der Waals surface area contributed by atoms with Crippen molar-refractivity contribution >= 4 is 11.4 Å². The molecule has 0 saturated heterocycles. The highest BCUT2D eigenvalue weighted by Crippen LogP contribution is 2.30. The van der Waals surface area contributed by atoms with Gasteiger partial charge in [-0.2, -0.15) is 13.2 Å². The summed E-state index contributed by atoms with van der Waals surface area (Å²) in [7, 11) is 1.74. The summed E-state index contributed by atoms with van der Waals surface area (Å²) < 4.78 is 37.7. The molecule has 3 nitrogen and oxygen atoms in total. The van der Waals surface area contributed by atoms with Gasteiger partial charge in [-0.25, -0.2) is 0 Å². The Balaban J connectivity index is 2.30. The van der Waals surface area contributed by atoms with Gasteiger partial charge < -0.3 is 0 Å². The van der Waals surface area contributed by atoms with Crippen molar-refractivity contribution in [3.63, 3.8) is 0 Å². The zero-order valence-corrected chi connectivity index (χ0v) is 12.8. The van der Waals surface area contributed by atoms with Crippen LogP contribution in [-0.4, -0.2) is 23.5 Å². The van der Waals surface area contributed by atoms with Crippen LogP contribution in [0.15, 0.2) is 40.1 Å². The number of aromatic nitrogens is 1. The molecule has 0 bridgehead atoms. The fraction of sp³-hybridized carbons (Fsp3) is 0.438. The van der Waals surface area contributed by atoms with E-state index in [0.29, 0.717) is 17.8 Å². The molecule has 2 heterocycles. The Labute approximate surface area is 127 Å². The first kappa shape index (κ1) is 16.4. The molecule has 1 aromatic rings. The van der Waals surface area contributed by atoms with Crippen molar-refractivity contribution in [3.05, 3.63) is 41.4 Å². The highest BCUT2D eigenvalue weighted by Gasteiger charge is 2.31. The van der Waals surface area contributed by atoms with Gasteiger partial charge in [0.2, 0.25) is 0 Å². The lowest BCUT2D eigenvalue weighted by Crippen LogP contribution is -2.20. The van der Waals surface area contributed by atoms with Gasteiger partial charge in [0.25, 0.3) is 0 Å². The van der Waals surface area contributed by atoms with Crippen molar-refractivity contribution in [3.8, 4) is 0 Å². The van der Waals surface area contributed by atoms with Crippen molar-refractivity contribution in [2.75, 3.05) is 7.05 Å². The van der Waals surface area contributed by atoms with E-state index in [1.807, 2.05) is 6.92 Å². The van der Waals surface area contributed by atoms with Crippen molar-refractivity contribution in [2.45, 2.75) is 32.9 Å². The molecule has 0 N–H and O–H groups in total. The van der Waals surface area contributed by atoms with Crippen LogP contribution in [-0.2, 0) is 6.18 Å². The summed E-state index contributed by atoms with van der Waals surface area (Å²) in [6.45, 7) is 4.01. The van der Waals surface area contributed by atoms with E-state index in [9.17, 15) is 13.2 Å². The van der Waals surface area contributed by atoms with Gasteiger partial charge >= 0.3 is 6.18 Å². The molecule has 0 radical (unpaired) electrons. The Morgan fingerprint density at radius 1 is 1.36 bits per heavy atom. The minimum absolute atomic E-state index is 0.264. The fourth-order valence-electron chi connectivity index (χ4n) is 2.43. The van der Waals surface area contributed by atoms with Crippen LogP contribution in [0.5, 0.6) is 0 Å². The zero-order valence-electron chi connectivity index (χ0n) is 12.8. The van der Waals surface area contributed by atoms with E-state index in [1.165, 1.54) is 6.07 Å². The maximum Gasteiger partial charge on any atom is 0.417 e. The molecule has 0 fully saturated rings. The SMILES string of the molecule is CCC1CC(c2ccc(C(F)(F)F)cn2)=NC=C1C(C)=NC. The van der Waals surface area contributed by atoms with Crippen LogP contribution in [0, 0.1) is 5.92 Å². The van der Waals surface area contributed by atoms with Crippen LogP contribution < -0.4 is 0 Å². The first-order valence-electron chi connectivity index (χ1n) is 7.11. The van der Waals surface area contributed by atoms with Gasteiger partial charge in [0.15, 0.2) is 0 Å². The van der Waals surface area contributed by atoms with Crippen LogP contribution in [0.3, 0.4) is 0 Å². The summed E-state index contributed by atoms with van der Waals surface area (Å²) in [5.74, 6) is 0.264. The fourth-order valence-corrected chi connectivity index (χ4v) is 2.43. The largest absolute Gasteiger partial charge is 0.417 e. The standard InChI is InChI=1S/C16H18F3N3/c1-4-11-7-15(22-9-13(11)10(2)20-3)14-6-5-12(8-21-14)16(17,18)19/h5-6,8-9,11H,4,7H2,1-3H3. The summed E-state index contributed by atoms with van der Waals surface area (Å²) in [6, 6.07) is 2.43. The first-order chi connectivity index (χ1) is 10.4. The molecule has 0 aromatic carbocycles. The number of pyridine rings is 1. The van der Waals surface area contributed by atoms with E-state index < -0.39 is 11.7 Å². The first-order valence-corrected chi connectivity index (χ1v) is 7.11. The van der Waals surface area contributed by atoms with Gasteiger partial charge in [0.05, 0.1) is 17.0 Å². The highest BCUT2D eigenvalue weighted by atomic mass is 19.4. The quantitative estimate of drug-likeness (QED) is 0.767. The maximum absolute atomic E-state index is 12.6. The molecule has 0 saturated carbocycles. The molecule has 6 heteroatoms. The van der Waals surface area contributed by atoms with Crippen LogP contribution in [0.25, 0.3) is 0 Å². The van der Waals surface area contributed by atoms with E-state index >= 15 is 0 Å². The minimum Gasteiger partial charge on any atom is -0.293 e. The zero-order chi connectivity index (χ0) is 16.3. The third-order valence-corrected chi connectivity index (χ3v) is 3.87. The second-order valence-corrected chi connectivity index (χ2v) is 5.21. The monoisotopic (exact) mass is 309 g/mol. The molecule has 0 spiro atoms. The van der Waals surface area contributed by atoms with Gasteiger partial charge in [0.1, 0.15) is 0 Å². The highest BCUT2D eigenvalue weighted by molar-refractivity contribution is 6.05. The Bertz CT molecular complexity index is 625. The topological polar surface area (TPSA) is 37.6 Å². The lowest BCUT2D eigenvalue weighted by atomic mass is 9.86. The number of halogens is 3. The third kappa shape index (κ3) is 3.43. The number of nitrogens with zero attached hydrogens (tertiary/aromatic N) is 3.